The zero-order valence-corrected chi connectivity index (χ0v) is 17.3. The fraction of sp³-hybridized carbons (Fsp3) is 0.409. The van der Waals surface area contributed by atoms with Gasteiger partial charge in [0, 0.05) is 30.2 Å². The summed E-state index contributed by atoms with van der Waals surface area (Å²) >= 11 is 0. The van der Waals surface area contributed by atoms with Gasteiger partial charge in [-0.2, -0.15) is 0 Å². The van der Waals surface area contributed by atoms with Crippen molar-refractivity contribution in [3.63, 3.8) is 0 Å². The number of ether oxygens (including phenoxy) is 1. The Morgan fingerprint density at radius 3 is 2.61 bits per heavy atom. The van der Waals surface area contributed by atoms with Crippen LogP contribution in [0.2, 0.25) is 0 Å². The lowest BCUT2D eigenvalue weighted by Crippen LogP contribution is -2.28. The van der Waals surface area contributed by atoms with Gasteiger partial charge in [-0.3, -0.25) is 0 Å². The van der Waals surface area contributed by atoms with Crippen LogP contribution in [-0.2, 0) is 4.74 Å². The van der Waals surface area contributed by atoms with E-state index in [0.717, 1.165) is 18.9 Å². The van der Waals surface area contributed by atoms with E-state index in [1.165, 1.54) is 12.1 Å². The van der Waals surface area contributed by atoms with Crippen LogP contribution in [0.3, 0.4) is 0 Å². The second kappa shape index (κ2) is 9.05. The van der Waals surface area contributed by atoms with Crippen molar-refractivity contribution < 1.29 is 17.9 Å². The molecule has 1 atom stereocenters. The lowest BCUT2D eigenvalue weighted by molar-refractivity contribution is 0.0904. The van der Waals surface area contributed by atoms with Crippen LogP contribution in [-0.4, -0.2) is 34.2 Å². The molecule has 4 rings (SSSR count). The van der Waals surface area contributed by atoms with Crippen molar-refractivity contribution >= 4 is 22.5 Å². The predicted molar refractivity (Wildman–Crippen MR) is 113 cm³/mol. The molecule has 0 radical (unpaired) electrons. The van der Waals surface area contributed by atoms with Gasteiger partial charge in [0.1, 0.15) is 23.3 Å². The highest BCUT2D eigenvalue weighted by Gasteiger charge is 2.21. The van der Waals surface area contributed by atoms with Crippen LogP contribution in [0.1, 0.15) is 49.2 Å². The van der Waals surface area contributed by atoms with Crippen LogP contribution in [0, 0.1) is 12.7 Å². The number of hydrogen-bond acceptors (Lipinski definition) is 6. The van der Waals surface area contributed by atoms with Gasteiger partial charge in [-0.05, 0) is 32.8 Å². The predicted octanol–water partition coefficient (Wildman–Crippen LogP) is 5.17. The summed E-state index contributed by atoms with van der Waals surface area (Å²) in [7, 11) is 0. The second-order valence-electron chi connectivity index (χ2n) is 7.65. The van der Waals surface area contributed by atoms with Gasteiger partial charge in [-0.1, -0.05) is 18.2 Å². The number of benzene rings is 1. The summed E-state index contributed by atoms with van der Waals surface area (Å²) in [6.45, 7) is 4.88. The van der Waals surface area contributed by atoms with Crippen molar-refractivity contribution in [2.24, 2.45) is 0 Å². The van der Waals surface area contributed by atoms with Crippen LogP contribution < -0.4 is 10.6 Å². The fourth-order valence-electron chi connectivity index (χ4n) is 3.74. The second-order valence-corrected chi connectivity index (χ2v) is 7.65. The highest BCUT2D eigenvalue weighted by atomic mass is 19.3. The maximum Gasteiger partial charge on any atom is 0.266 e. The van der Waals surface area contributed by atoms with Crippen molar-refractivity contribution in [1.82, 2.24) is 15.0 Å². The number of aromatic nitrogens is 3. The quantitative estimate of drug-likeness (QED) is 0.561. The number of nitrogens with zero attached hydrogens (tertiary/aromatic N) is 3. The third kappa shape index (κ3) is 4.71. The summed E-state index contributed by atoms with van der Waals surface area (Å²) in [6.07, 6.45) is 0.580. The Hall–Kier alpha value is -2.94. The molecule has 1 aliphatic rings. The molecule has 0 unspecified atom stereocenters. The summed E-state index contributed by atoms with van der Waals surface area (Å²) in [5.41, 5.74) is 0.181. The highest BCUT2D eigenvalue weighted by molar-refractivity contribution is 5.90. The number of rotatable bonds is 6. The van der Waals surface area contributed by atoms with E-state index in [2.05, 4.69) is 25.6 Å². The number of fused-ring (bicyclic) bond motifs is 1. The minimum absolute atomic E-state index is 0.150. The standard InChI is InChI=1S/C22H24F3N5O/c1-12(15-4-3-5-16(20(15)23)21(24)25)27-22-17-10-19(30-14-6-8-31-9-7-14)26-11-18(17)28-13(2)29-22/h3-5,10-12,14,21H,6-9H2,1-2H3,(H,26,30)(H,27,28,29)/t12-/m1/s1. The average molecular weight is 431 g/mol. The van der Waals surface area contributed by atoms with Crippen LogP contribution >= 0.6 is 0 Å². The summed E-state index contributed by atoms with van der Waals surface area (Å²) in [5.74, 6) is 0.801. The van der Waals surface area contributed by atoms with E-state index >= 15 is 0 Å². The zero-order chi connectivity index (χ0) is 22.0. The summed E-state index contributed by atoms with van der Waals surface area (Å²) < 4.78 is 46.2. The molecule has 0 spiro atoms. The Morgan fingerprint density at radius 2 is 1.87 bits per heavy atom. The summed E-state index contributed by atoms with van der Waals surface area (Å²) in [4.78, 5) is 13.4. The fourth-order valence-corrected chi connectivity index (χ4v) is 3.74. The molecule has 0 saturated carbocycles. The number of nitrogens with one attached hydrogen (secondary N) is 2. The Bertz CT molecular complexity index is 1070. The molecule has 1 aromatic carbocycles. The minimum atomic E-state index is -2.88. The van der Waals surface area contributed by atoms with Crippen molar-refractivity contribution in [2.45, 2.75) is 45.2 Å². The van der Waals surface area contributed by atoms with E-state index in [0.29, 0.717) is 41.6 Å². The highest BCUT2D eigenvalue weighted by Crippen LogP contribution is 2.31. The van der Waals surface area contributed by atoms with Gasteiger partial charge >= 0.3 is 0 Å². The molecule has 2 aromatic heterocycles. The number of alkyl halides is 2. The molecule has 164 valence electrons. The van der Waals surface area contributed by atoms with E-state index < -0.39 is 23.8 Å². The lowest BCUT2D eigenvalue weighted by atomic mass is 10.0. The molecule has 0 aliphatic carbocycles. The molecule has 0 amide bonds. The maximum absolute atomic E-state index is 14.6. The van der Waals surface area contributed by atoms with Gasteiger partial charge in [-0.25, -0.2) is 28.1 Å². The SMILES string of the molecule is Cc1nc(N[C@H](C)c2cccc(C(F)F)c2F)c2cc(NC3CCOCC3)ncc2n1. The van der Waals surface area contributed by atoms with Crippen molar-refractivity contribution in [2.75, 3.05) is 23.8 Å². The molecule has 6 nitrogen and oxygen atoms in total. The van der Waals surface area contributed by atoms with E-state index in [4.69, 9.17) is 4.74 Å². The largest absolute Gasteiger partial charge is 0.381 e. The molecule has 3 heterocycles. The zero-order valence-electron chi connectivity index (χ0n) is 17.3. The number of aryl methyl sites for hydroxylation is 1. The minimum Gasteiger partial charge on any atom is -0.381 e. The third-order valence-electron chi connectivity index (χ3n) is 5.38. The number of pyridine rings is 1. The topological polar surface area (TPSA) is 72.0 Å². The van der Waals surface area contributed by atoms with Crippen LogP contribution in [0.25, 0.3) is 10.9 Å². The van der Waals surface area contributed by atoms with Crippen LogP contribution in [0.4, 0.5) is 24.8 Å². The average Bonchev–Trinajstić information content (AvgIpc) is 2.74. The van der Waals surface area contributed by atoms with Gasteiger partial charge in [0.25, 0.3) is 6.43 Å². The van der Waals surface area contributed by atoms with Gasteiger partial charge in [-0.15, -0.1) is 0 Å². The normalized spacial score (nSPS) is 15.9. The summed E-state index contributed by atoms with van der Waals surface area (Å²) in [5, 5.41) is 7.29. The molecule has 3 aromatic rings. The first-order valence-corrected chi connectivity index (χ1v) is 10.2. The number of anilines is 2. The van der Waals surface area contributed by atoms with Gasteiger partial charge < -0.3 is 15.4 Å². The third-order valence-corrected chi connectivity index (χ3v) is 5.38. The van der Waals surface area contributed by atoms with Crippen LogP contribution in [0.5, 0.6) is 0 Å². The number of hydrogen-bond donors (Lipinski definition) is 2. The Morgan fingerprint density at radius 1 is 1.13 bits per heavy atom. The maximum atomic E-state index is 14.6. The molecule has 2 N–H and O–H groups in total. The Labute approximate surface area is 178 Å². The number of halogens is 3. The van der Waals surface area contributed by atoms with Gasteiger partial charge in [0.05, 0.1) is 23.3 Å². The lowest BCUT2D eigenvalue weighted by Gasteiger charge is -2.24. The van der Waals surface area contributed by atoms with Gasteiger partial charge in [0.15, 0.2) is 0 Å². The molecule has 31 heavy (non-hydrogen) atoms. The molecule has 0 bridgehead atoms. The van der Waals surface area contributed by atoms with E-state index in [1.54, 1.807) is 20.0 Å². The van der Waals surface area contributed by atoms with Gasteiger partial charge in [0.2, 0.25) is 0 Å². The Balaban J connectivity index is 1.64. The first-order valence-electron chi connectivity index (χ1n) is 10.2. The van der Waals surface area contributed by atoms with E-state index in [9.17, 15) is 13.2 Å². The summed E-state index contributed by atoms with van der Waals surface area (Å²) in [6, 6.07) is 5.56. The van der Waals surface area contributed by atoms with Crippen molar-refractivity contribution in [1.29, 1.82) is 0 Å². The molecular weight excluding hydrogens is 407 g/mol. The smallest absolute Gasteiger partial charge is 0.266 e. The molecule has 1 saturated heterocycles. The molecule has 1 aliphatic heterocycles. The molecule has 9 heteroatoms. The van der Waals surface area contributed by atoms with E-state index in [-0.39, 0.29) is 11.6 Å². The molecular formula is C22H24F3N5O. The monoisotopic (exact) mass is 431 g/mol. The molecule has 1 fully saturated rings. The first kappa shape index (κ1) is 21.3. The van der Waals surface area contributed by atoms with E-state index in [1.807, 2.05) is 6.07 Å². The van der Waals surface area contributed by atoms with Crippen molar-refractivity contribution in [3.05, 3.63) is 53.2 Å². The van der Waals surface area contributed by atoms with Crippen molar-refractivity contribution in [3.8, 4) is 0 Å². The van der Waals surface area contributed by atoms with Crippen LogP contribution in [0.15, 0.2) is 30.5 Å². The Kier molecular flexibility index (Phi) is 6.22. The first-order chi connectivity index (χ1) is 14.9.